The Balaban J connectivity index is 2.42. The molecule has 0 aliphatic rings. The minimum atomic E-state index is -4.10. The number of rotatable bonds is 8. The summed E-state index contributed by atoms with van der Waals surface area (Å²) in [6.07, 6.45) is -4.88. The molecule has 114 valence electrons. The van der Waals surface area contributed by atoms with Crippen molar-refractivity contribution in [3.8, 4) is 0 Å². The van der Waals surface area contributed by atoms with Crippen molar-refractivity contribution in [3.05, 3.63) is 35.4 Å². The van der Waals surface area contributed by atoms with Crippen LogP contribution in [0.15, 0.2) is 24.3 Å². The van der Waals surface area contributed by atoms with Crippen LogP contribution in [-0.4, -0.2) is 25.9 Å². The molecule has 0 heterocycles. The lowest BCUT2D eigenvalue weighted by Gasteiger charge is -2.20. The fourth-order valence-corrected chi connectivity index (χ4v) is 2.06. The number of nitrogens with one attached hydrogen (secondary N) is 1. The Hall–Kier alpha value is -1.07. The normalized spacial score (nSPS) is 13.4. The van der Waals surface area contributed by atoms with E-state index in [4.69, 9.17) is 4.74 Å². The zero-order valence-electron chi connectivity index (χ0n) is 12.0. The van der Waals surface area contributed by atoms with Crippen molar-refractivity contribution in [1.82, 2.24) is 5.32 Å². The standard InChI is InChI=1S/C15H22F3NO/c1-3-19-14(13-8-5-4-7-12(13)2)11-20-10-6-9-15(16,17)18/h4-5,7-8,14,19H,3,6,9-11H2,1-2H3. The molecule has 0 radical (unpaired) electrons. The molecule has 1 rings (SSSR count). The quantitative estimate of drug-likeness (QED) is 0.730. The van der Waals surface area contributed by atoms with Crippen molar-refractivity contribution in [3.63, 3.8) is 0 Å². The van der Waals surface area contributed by atoms with Crippen molar-refractivity contribution in [2.24, 2.45) is 0 Å². The molecule has 1 atom stereocenters. The summed E-state index contributed by atoms with van der Waals surface area (Å²) in [5, 5.41) is 3.30. The number of ether oxygens (including phenoxy) is 1. The molecular weight excluding hydrogens is 267 g/mol. The molecule has 0 amide bonds. The molecule has 0 bridgehead atoms. The molecule has 0 saturated heterocycles. The van der Waals surface area contributed by atoms with Crippen LogP contribution in [0.5, 0.6) is 0 Å². The lowest BCUT2D eigenvalue weighted by molar-refractivity contribution is -0.138. The number of halogens is 3. The average molecular weight is 289 g/mol. The molecule has 5 heteroatoms. The van der Waals surface area contributed by atoms with Crippen LogP contribution in [0.25, 0.3) is 0 Å². The van der Waals surface area contributed by atoms with Gasteiger partial charge in [0.25, 0.3) is 0 Å². The molecule has 1 N–H and O–H groups in total. The van der Waals surface area contributed by atoms with Crippen LogP contribution < -0.4 is 5.32 Å². The van der Waals surface area contributed by atoms with Gasteiger partial charge in [-0.25, -0.2) is 0 Å². The fourth-order valence-electron chi connectivity index (χ4n) is 2.06. The SMILES string of the molecule is CCNC(COCCCC(F)(F)F)c1ccccc1C. The van der Waals surface area contributed by atoms with Gasteiger partial charge in [0, 0.05) is 13.0 Å². The number of hydrogen-bond acceptors (Lipinski definition) is 2. The lowest BCUT2D eigenvalue weighted by atomic mass is 10.0. The maximum absolute atomic E-state index is 12.0. The summed E-state index contributed by atoms with van der Waals surface area (Å²) in [7, 11) is 0. The van der Waals surface area contributed by atoms with E-state index in [1.165, 1.54) is 0 Å². The number of benzene rings is 1. The molecule has 20 heavy (non-hydrogen) atoms. The number of likely N-dealkylation sites (N-methyl/N-ethyl adjacent to an activating group) is 1. The third kappa shape index (κ3) is 6.39. The van der Waals surface area contributed by atoms with Gasteiger partial charge >= 0.3 is 6.18 Å². The highest BCUT2D eigenvalue weighted by Gasteiger charge is 2.26. The van der Waals surface area contributed by atoms with Gasteiger partial charge < -0.3 is 10.1 Å². The monoisotopic (exact) mass is 289 g/mol. The maximum Gasteiger partial charge on any atom is 0.389 e. The van der Waals surface area contributed by atoms with Crippen molar-refractivity contribution in [2.45, 2.75) is 38.9 Å². The highest BCUT2D eigenvalue weighted by molar-refractivity contribution is 5.28. The summed E-state index contributed by atoms with van der Waals surface area (Å²) in [5.74, 6) is 0. The van der Waals surface area contributed by atoms with E-state index in [-0.39, 0.29) is 19.1 Å². The van der Waals surface area contributed by atoms with Crippen molar-refractivity contribution < 1.29 is 17.9 Å². The largest absolute Gasteiger partial charge is 0.389 e. The predicted molar refractivity (Wildman–Crippen MR) is 73.7 cm³/mol. The summed E-state index contributed by atoms with van der Waals surface area (Å²) in [6.45, 7) is 5.31. The van der Waals surface area contributed by atoms with Crippen molar-refractivity contribution >= 4 is 0 Å². The third-order valence-corrected chi connectivity index (χ3v) is 3.05. The molecular formula is C15H22F3NO. The topological polar surface area (TPSA) is 21.3 Å². The Morgan fingerprint density at radius 2 is 1.95 bits per heavy atom. The van der Waals surface area contributed by atoms with Gasteiger partial charge in [-0.05, 0) is 31.0 Å². The van der Waals surface area contributed by atoms with E-state index in [0.29, 0.717) is 6.61 Å². The van der Waals surface area contributed by atoms with E-state index in [1.807, 2.05) is 38.1 Å². The first-order chi connectivity index (χ1) is 9.44. The Bertz CT molecular complexity index is 393. The summed E-state index contributed by atoms with van der Waals surface area (Å²) >= 11 is 0. The molecule has 0 aromatic heterocycles. The van der Waals surface area contributed by atoms with Crippen molar-refractivity contribution in [2.75, 3.05) is 19.8 Å². The van der Waals surface area contributed by atoms with Gasteiger partial charge in [-0.15, -0.1) is 0 Å². The molecule has 0 aliphatic heterocycles. The third-order valence-electron chi connectivity index (χ3n) is 3.05. The maximum atomic E-state index is 12.0. The number of alkyl halides is 3. The summed E-state index contributed by atoms with van der Waals surface area (Å²) in [5.41, 5.74) is 2.28. The molecule has 0 fully saturated rings. The van der Waals surface area contributed by atoms with Gasteiger partial charge in [0.15, 0.2) is 0 Å². The highest BCUT2D eigenvalue weighted by atomic mass is 19.4. The molecule has 0 saturated carbocycles. The Labute approximate surface area is 118 Å². The summed E-state index contributed by atoms with van der Waals surface area (Å²) in [4.78, 5) is 0. The van der Waals surface area contributed by atoms with Crippen LogP contribution in [0.3, 0.4) is 0 Å². The average Bonchev–Trinajstić information content (AvgIpc) is 2.36. The smallest absolute Gasteiger partial charge is 0.379 e. The van der Waals surface area contributed by atoms with E-state index >= 15 is 0 Å². The van der Waals surface area contributed by atoms with Gasteiger partial charge in [0.05, 0.1) is 12.6 Å². The van der Waals surface area contributed by atoms with Gasteiger partial charge in [-0.3, -0.25) is 0 Å². The Morgan fingerprint density at radius 3 is 2.55 bits per heavy atom. The molecule has 0 spiro atoms. The van der Waals surface area contributed by atoms with Crippen LogP contribution in [0.4, 0.5) is 13.2 Å². The number of aryl methyl sites for hydroxylation is 1. The second kappa shape index (κ2) is 8.27. The van der Waals surface area contributed by atoms with E-state index in [0.717, 1.165) is 17.7 Å². The second-order valence-electron chi connectivity index (χ2n) is 4.76. The minimum Gasteiger partial charge on any atom is -0.379 e. The van der Waals surface area contributed by atoms with Crippen molar-refractivity contribution in [1.29, 1.82) is 0 Å². The predicted octanol–water partition coefficient (Wildman–Crippen LogP) is 4.00. The molecule has 0 aliphatic carbocycles. The van der Waals surface area contributed by atoms with Gasteiger partial charge in [0.2, 0.25) is 0 Å². The molecule has 1 aromatic carbocycles. The van der Waals surface area contributed by atoms with Gasteiger partial charge in [0.1, 0.15) is 0 Å². The first-order valence-corrected chi connectivity index (χ1v) is 6.87. The van der Waals surface area contributed by atoms with Crippen LogP contribution in [-0.2, 0) is 4.74 Å². The molecule has 1 aromatic rings. The van der Waals surface area contributed by atoms with Crippen LogP contribution in [0.2, 0.25) is 0 Å². The zero-order valence-corrected chi connectivity index (χ0v) is 12.0. The van der Waals surface area contributed by atoms with Gasteiger partial charge in [-0.1, -0.05) is 31.2 Å². The van der Waals surface area contributed by atoms with Crippen LogP contribution in [0.1, 0.15) is 36.9 Å². The second-order valence-corrected chi connectivity index (χ2v) is 4.76. The summed E-state index contributed by atoms with van der Waals surface area (Å²) < 4.78 is 41.4. The first-order valence-electron chi connectivity index (χ1n) is 6.87. The fraction of sp³-hybridized carbons (Fsp3) is 0.600. The van der Waals surface area contributed by atoms with E-state index in [9.17, 15) is 13.2 Å². The summed E-state index contributed by atoms with van der Waals surface area (Å²) in [6, 6.07) is 7.97. The molecule has 1 unspecified atom stereocenters. The lowest BCUT2D eigenvalue weighted by Crippen LogP contribution is -2.26. The Kier molecular flexibility index (Phi) is 7.02. The Morgan fingerprint density at radius 1 is 1.25 bits per heavy atom. The van der Waals surface area contributed by atoms with Crippen LogP contribution in [0, 0.1) is 6.92 Å². The van der Waals surface area contributed by atoms with E-state index < -0.39 is 12.6 Å². The number of hydrogen-bond donors (Lipinski definition) is 1. The minimum absolute atomic E-state index is 0.0100. The van der Waals surface area contributed by atoms with Crippen LogP contribution >= 0.6 is 0 Å². The molecule has 2 nitrogen and oxygen atoms in total. The van der Waals surface area contributed by atoms with E-state index in [1.54, 1.807) is 0 Å². The zero-order chi connectivity index (χ0) is 15.0. The first kappa shape index (κ1) is 17.0. The van der Waals surface area contributed by atoms with Gasteiger partial charge in [-0.2, -0.15) is 13.2 Å². The highest BCUT2D eigenvalue weighted by Crippen LogP contribution is 2.22. The van der Waals surface area contributed by atoms with E-state index in [2.05, 4.69) is 5.32 Å².